The third-order valence-electron chi connectivity index (χ3n) is 5.24. The van der Waals surface area contributed by atoms with Crippen molar-refractivity contribution in [1.29, 1.82) is 0 Å². The van der Waals surface area contributed by atoms with Crippen LogP contribution >= 0.6 is 0 Å². The van der Waals surface area contributed by atoms with Crippen molar-refractivity contribution >= 4 is 11.6 Å². The number of benzene rings is 2. The van der Waals surface area contributed by atoms with Crippen LogP contribution in [0, 0.1) is 0 Å². The van der Waals surface area contributed by atoms with Crippen LogP contribution in [0.2, 0.25) is 0 Å². The Balaban J connectivity index is 1.55. The highest BCUT2D eigenvalue weighted by molar-refractivity contribution is 5.96. The molecular formula is C22H23N3O6. The van der Waals surface area contributed by atoms with Crippen LogP contribution in [0.15, 0.2) is 40.9 Å². The highest BCUT2D eigenvalue weighted by Gasteiger charge is 2.35. The first-order valence-electron chi connectivity index (χ1n) is 9.66. The van der Waals surface area contributed by atoms with Gasteiger partial charge in [0.2, 0.25) is 5.91 Å². The summed E-state index contributed by atoms with van der Waals surface area (Å²) in [7, 11) is 6.27. The number of anilines is 1. The Morgan fingerprint density at radius 2 is 1.55 bits per heavy atom. The summed E-state index contributed by atoms with van der Waals surface area (Å²) in [6, 6.07) is 10.7. The van der Waals surface area contributed by atoms with Gasteiger partial charge in [-0.2, -0.15) is 4.98 Å². The summed E-state index contributed by atoms with van der Waals surface area (Å²) in [6.45, 7) is 0.444. The number of nitrogens with zero attached hydrogens (tertiary/aromatic N) is 3. The lowest BCUT2D eigenvalue weighted by Crippen LogP contribution is -2.24. The number of ether oxygens (including phenoxy) is 4. The lowest BCUT2D eigenvalue weighted by molar-refractivity contribution is -0.117. The van der Waals surface area contributed by atoms with Crippen molar-refractivity contribution in [2.75, 3.05) is 39.9 Å². The highest BCUT2D eigenvalue weighted by Crippen LogP contribution is 2.37. The zero-order valence-corrected chi connectivity index (χ0v) is 17.7. The second-order valence-electron chi connectivity index (χ2n) is 6.97. The van der Waals surface area contributed by atoms with Crippen molar-refractivity contribution in [1.82, 2.24) is 10.1 Å². The second-order valence-corrected chi connectivity index (χ2v) is 6.97. The molecule has 4 rings (SSSR count). The molecule has 0 radical (unpaired) electrons. The van der Waals surface area contributed by atoms with Crippen molar-refractivity contribution in [3.63, 3.8) is 0 Å². The Morgan fingerprint density at radius 3 is 2.23 bits per heavy atom. The molecule has 1 atom stereocenters. The Kier molecular flexibility index (Phi) is 5.66. The second kappa shape index (κ2) is 8.55. The first-order chi connectivity index (χ1) is 15.1. The molecule has 9 heteroatoms. The molecular weight excluding hydrogens is 402 g/mol. The van der Waals surface area contributed by atoms with Crippen LogP contribution in [-0.4, -0.2) is 51.0 Å². The van der Waals surface area contributed by atoms with E-state index in [1.807, 2.05) is 12.1 Å². The standard InChI is InChI=1S/C22H23N3O6/c1-27-16-7-5-13(9-18(16)29-3)22-23-21(24-31-22)14-10-20(26)25(12-14)15-6-8-17(28-2)19(11-15)30-4/h5-9,11,14H,10,12H2,1-4H3/t14-/m0/s1. The highest BCUT2D eigenvalue weighted by atomic mass is 16.5. The smallest absolute Gasteiger partial charge is 0.258 e. The van der Waals surface area contributed by atoms with Crippen molar-refractivity contribution in [2.24, 2.45) is 0 Å². The van der Waals surface area contributed by atoms with Crippen molar-refractivity contribution < 1.29 is 28.3 Å². The molecule has 0 unspecified atom stereocenters. The largest absolute Gasteiger partial charge is 0.493 e. The molecule has 0 saturated carbocycles. The van der Waals surface area contributed by atoms with Crippen LogP contribution in [0.3, 0.4) is 0 Å². The summed E-state index contributed by atoms with van der Waals surface area (Å²) in [5.41, 5.74) is 1.44. The molecule has 1 fully saturated rings. The average Bonchev–Trinajstić information content (AvgIpc) is 3.45. The summed E-state index contributed by atoms with van der Waals surface area (Å²) < 4.78 is 26.7. The average molecular weight is 425 g/mol. The number of amides is 1. The fourth-order valence-electron chi connectivity index (χ4n) is 3.61. The lowest BCUT2D eigenvalue weighted by atomic mass is 10.1. The summed E-state index contributed by atoms with van der Waals surface area (Å²) in [4.78, 5) is 18.9. The molecule has 1 saturated heterocycles. The van der Waals surface area contributed by atoms with E-state index < -0.39 is 0 Å². The van der Waals surface area contributed by atoms with E-state index >= 15 is 0 Å². The van der Waals surface area contributed by atoms with E-state index in [-0.39, 0.29) is 11.8 Å². The van der Waals surface area contributed by atoms with Gasteiger partial charge in [-0.25, -0.2) is 0 Å². The number of aromatic nitrogens is 2. The van der Waals surface area contributed by atoms with Gasteiger partial charge in [-0.1, -0.05) is 5.16 Å². The topological polar surface area (TPSA) is 96.2 Å². The van der Waals surface area contributed by atoms with E-state index in [0.717, 1.165) is 5.69 Å². The van der Waals surface area contributed by atoms with Crippen LogP contribution < -0.4 is 23.8 Å². The molecule has 1 amide bonds. The van der Waals surface area contributed by atoms with Gasteiger partial charge in [0.1, 0.15) is 0 Å². The van der Waals surface area contributed by atoms with Crippen LogP contribution in [-0.2, 0) is 4.79 Å². The van der Waals surface area contributed by atoms with E-state index in [4.69, 9.17) is 23.5 Å². The van der Waals surface area contributed by atoms with Gasteiger partial charge in [0.05, 0.1) is 28.4 Å². The maximum absolute atomic E-state index is 12.7. The maximum atomic E-state index is 12.7. The van der Waals surface area contributed by atoms with Crippen LogP contribution in [0.25, 0.3) is 11.5 Å². The molecule has 1 aliphatic heterocycles. The maximum Gasteiger partial charge on any atom is 0.258 e. The third kappa shape index (κ3) is 3.86. The number of rotatable bonds is 7. The van der Waals surface area contributed by atoms with Crippen LogP contribution in [0.4, 0.5) is 5.69 Å². The molecule has 0 aliphatic carbocycles. The van der Waals surface area contributed by atoms with E-state index in [1.165, 1.54) is 0 Å². The molecule has 162 valence electrons. The summed E-state index contributed by atoms with van der Waals surface area (Å²) >= 11 is 0. The molecule has 31 heavy (non-hydrogen) atoms. The van der Waals surface area contributed by atoms with Gasteiger partial charge in [-0.15, -0.1) is 0 Å². The number of carbonyl (C=O) groups excluding carboxylic acids is 1. The SMILES string of the molecule is COc1ccc(-c2nc([C@H]3CC(=O)N(c4ccc(OC)c(OC)c4)C3)no2)cc1OC. The zero-order valence-electron chi connectivity index (χ0n) is 17.7. The van der Waals surface area contributed by atoms with Crippen molar-refractivity contribution in [3.05, 3.63) is 42.2 Å². The minimum atomic E-state index is -0.182. The van der Waals surface area contributed by atoms with Crippen LogP contribution in [0.5, 0.6) is 23.0 Å². The predicted molar refractivity (Wildman–Crippen MR) is 112 cm³/mol. The minimum Gasteiger partial charge on any atom is -0.493 e. The van der Waals surface area contributed by atoms with Gasteiger partial charge in [0.15, 0.2) is 28.8 Å². The molecule has 3 aromatic rings. The van der Waals surface area contributed by atoms with E-state index in [9.17, 15) is 4.79 Å². The van der Waals surface area contributed by atoms with Gasteiger partial charge in [0.25, 0.3) is 5.89 Å². The first kappa shape index (κ1) is 20.5. The van der Waals surface area contributed by atoms with Gasteiger partial charge in [-0.3, -0.25) is 4.79 Å². The molecule has 9 nitrogen and oxygen atoms in total. The predicted octanol–water partition coefficient (Wildman–Crippen LogP) is 3.29. The molecule has 0 bridgehead atoms. The molecule has 0 N–H and O–H groups in total. The molecule has 1 aromatic heterocycles. The first-order valence-corrected chi connectivity index (χ1v) is 9.66. The zero-order chi connectivity index (χ0) is 22.0. The molecule has 0 spiro atoms. The summed E-state index contributed by atoms with van der Waals surface area (Å²) in [5, 5.41) is 4.11. The van der Waals surface area contributed by atoms with Crippen molar-refractivity contribution in [2.45, 2.75) is 12.3 Å². The van der Waals surface area contributed by atoms with Gasteiger partial charge >= 0.3 is 0 Å². The lowest BCUT2D eigenvalue weighted by Gasteiger charge is -2.18. The molecule has 2 aromatic carbocycles. The number of carbonyl (C=O) groups is 1. The summed E-state index contributed by atoms with van der Waals surface area (Å²) in [6.07, 6.45) is 0.291. The van der Waals surface area contributed by atoms with Gasteiger partial charge < -0.3 is 28.4 Å². The molecule has 1 aliphatic rings. The Labute approximate surface area is 179 Å². The van der Waals surface area contributed by atoms with Gasteiger partial charge in [0, 0.05) is 36.2 Å². The Morgan fingerprint density at radius 1 is 0.903 bits per heavy atom. The van der Waals surface area contributed by atoms with E-state index in [1.54, 1.807) is 57.6 Å². The fourth-order valence-corrected chi connectivity index (χ4v) is 3.61. The normalized spacial score (nSPS) is 15.8. The van der Waals surface area contributed by atoms with Gasteiger partial charge in [-0.05, 0) is 30.3 Å². The fraction of sp³-hybridized carbons (Fsp3) is 0.318. The summed E-state index contributed by atoms with van der Waals surface area (Å²) in [5.74, 6) is 2.98. The molecule has 2 heterocycles. The Bertz CT molecular complexity index is 1100. The number of hydrogen-bond donors (Lipinski definition) is 0. The van der Waals surface area contributed by atoms with Crippen molar-refractivity contribution in [3.8, 4) is 34.5 Å². The monoisotopic (exact) mass is 425 g/mol. The van der Waals surface area contributed by atoms with E-state index in [2.05, 4.69) is 10.1 Å². The number of methoxy groups -OCH3 is 4. The minimum absolute atomic E-state index is 0.0188. The quantitative estimate of drug-likeness (QED) is 0.569. The van der Waals surface area contributed by atoms with Crippen LogP contribution in [0.1, 0.15) is 18.2 Å². The Hall–Kier alpha value is -3.75. The third-order valence-corrected chi connectivity index (χ3v) is 5.24. The van der Waals surface area contributed by atoms with E-state index in [0.29, 0.717) is 53.2 Å². The number of hydrogen-bond acceptors (Lipinski definition) is 8.